The number of rotatable bonds is 4. The van der Waals surface area contributed by atoms with Crippen LogP contribution in [0, 0.1) is 19.8 Å². The fourth-order valence-electron chi connectivity index (χ4n) is 4.15. The Kier molecular flexibility index (Phi) is 6.17. The van der Waals surface area contributed by atoms with Crippen molar-refractivity contribution in [2.45, 2.75) is 26.7 Å². The van der Waals surface area contributed by atoms with Crippen LogP contribution in [0.25, 0.3) is 11.1 Å². The molecule has 4 nitrogen and oxygen atoms in total. The molecular weight excluding hydrogens is 384 g/mol. The lowest BCUT2D eigenvalue weighted by Crippen LogP contribution is -2.41. The summed E-state index contributed by atoms with van der Waals surface area (Å²) in [6, 6.07) is 23.9. The number of carbonyl (C=O) groups excluding carboxylic acids is 2. The van der Waals surface area contributed by atoms with E-state index in [1.54, 1.807) is 0 Å². The van der Waals surface area contributed by atoms with Gasteiger partial charge in [-0.2, -0.15) is 0 Å². The van der Waals surface area contributed by atoms with E-state index >= 15 is 0 Å². The first-order valence-electron chi connectivity index (χ1n) is 10.8. The van der Waals surface area contributed by atoms with Crippen molar-refractivity contribution in [3.63, 3.8) is 0 Å². The number of likely N-dealkylation sites (tertiary alicyclic amines) is 1. The van der Waals surface area contributed by atoms with Crippen LogP contribution in [-0.2, 0) is 4.79 Å². The molecule has 0 saturated carbocycles. The Bertz CT molecular complexity index is 1070. The van der Waals surface area contributed by atoms with E-state index < -0.39 is 0 Å². The molecule has 31 heavy (non-hydrogen) atoms. The van der Waals surface area contributed by atoms with Gasteiger partial charge in [0.25, 0.3) is 5.91 Å². The summed E-state index contributed by atoms with van der Waals surface area (Å²) in [5, 5.41) is 3.06. The molecule has 0 radical (unpaired) electrons. The molecule has 1 heterocycles. The molecule has 1 saturated heterocycles. The van der Waals surface area contributed by atoms with Gasteiger partial charge >= 0.3 is 0 Å². The van der Waals surface area contributed by atoms with Gasteiger partial charge in [0.05, 0.1) is 0 Å². The number of nitrogens with zero attached hydrogens (tertiary/aromatic N) is 1. The Balaban J connectivity index is 1.34. The molecule has 3 aromatic rings. The minimum atomic E-state index is -0.0646. The number of carbonyl (C=O) groups is 2. The molecule has 1 aliphatic rings. The number of anilines is 1. The molecule has 1 aliphatic heterocycles. The van der Waals surface area contributed by atoms with Crippen LogP contribution in [-0.4, -0.2) is 29.8 Å². The van der Waals surface area contributed by atoms with Gasteiger partial charge in [-0.1, -0.05) is 60.2 Å². The summed E-state index contributed by atoms with van der Waals surface area (Å²) in [5.74, 6) is 0.0179. The Morgan fingerprint density at radius 1 is 0.839 bits per heavy atom. The first-order chi connectivity index (χ1) is 15.0. The van der Waals surface area contributed by atoms with Crippen molar-refractivity contribution in [3.8, 4) is 11.1 Å². The normalized spacial score (nSPS) is 14.3. The predicted octanol–water partition coefficient (Wildman–Crippen LogP) is 5.46. The zero-order valence-corrected chi connectivity index (χ0v) is 18.1. The van der Waals surface area contributed by atoms with Crippen molar-refractivity contribution in [2.75, 3.05) is 18.4 Å². The van der Waals surface area contributed by atoms with E-state index in [0.717, 1.165) is 22.4 Å². The highest BCUT2D eigenvalue weighted by Gasteiger charge is 2.28. The van der Waals surface area contributed by atoms with E-state index in [2.05, 4.69) is 23.5 Å². The van der Waals surface area contributed by atoms with Crippen LogP contribution in [0.1, 0.15) is 34.3 Å². The first-order valence-corrected chi connectivity index (χ1v) is 10.8. The third-order valence-corrected chi connectivity index (χ3v) is 6.03. The maximum atomic E-state index is 12.9. The van der Waals surface area contributed by atoms with Crippen molar-refractivity contribution >= 4 is 17.5 Å². The van der Waals surface area contributed by atoms with Crippen molar-refractivity contribution in [1.82, 2.24) is 4.90 Å². The van der Waals surface area contributed by atoms with Crippen LogP contribution in [0.3, 0.4) is 0 Å². The Morgan fingerprint density at radius 3 is 2.13 bits per heavy atom. The second kappa shape index (κ2) is 9.17. The number of aryl methyl sites for hydroxylation is 2. The second-order valence-corrected chi connectivity index (χ2v) is 8.32. The van der Waals surface area contributed by atoms with Gasteiger partial charge in [-0.15, -0.1) is 0 Å². The lowest BCUT2D eigenvalue weighted by atomic mass is 9.95. The summed E-state index contributed by atoms with van der Waals surface area (Å²) in [6.07, 6.45) is 1.37. The molecule has 0 unspecified atom stereocenters. The highest BCUT2D eigenvalue weighted by molar-refractivity contribution is 5.96. The topological polar surface area (TPSA) is 49.4 Å². The molecule has 0 atom stereocenters. The molecule has 0 aromatic heterocycles. The molecule has 2 amide bonds. The minimum Gasteiger partial charge on any atom is -0.339 e. The highest BCUT2D eigenvalue weighted by Crippen LogP contribution is 2.24. The highest BCUT2D eigenvalue weighted by atomic mass is 16.2. The van der Waals surface area contributed by atoms with Crippen LogP contribution in [0.5, 0.6) is 0 Å². The lowest BCUT2D eigenvalue weighted by Gasteiger charge is -2.31. The molecule has 4 heteroatoms. The van der Waals surface area contributed by atoms with E-state index in [0.29, 0.717) is 31.5 Å². The number of benzene rings is 3. The van der Waals surface area contributed by atoms with Crippen molar-refractivity contribution in [1.29, 1.82) is 0 Å². The summed E-state index contributed by atoms with van der Waals surface area (Å²) < 4.78 is 0. The third kappa shape index (κ3) is 4.85. The SMILES string of the molecule is Cc1ccc(NC(=O)C2CCN(C(=O)c3ccc(-c4ccccc4)cc3)CC2)c(C)c1. The number of hydrogen-bond donors (Lipinski definition) is 1. The van der Waals surface area contributed by atoms with Gasteiger partial charge in [0.2, 0.25) is 5.91 Å². The van der Waals surface area contributed by atoms with E-state index in [1.807, 2.05) is 73.3 Å². The molecule has 1 N–H and O–H groups in total. The Labute approximate surface area is 183 Å². The molecule has 3 aromatic carbocycles. The summed E-state index contributed by atoms with van der Waals surface area (Å²) in [7, 11) is 0. The molecule has 1 fully saturated rings. The van der Waals surface area contributed by atoms with Crippen LogP contribution >= 0.6 is 0 Å². The maximum Gasteiger partial charge on any atom is 0.253 e. The van der Waals surface area contributed by atoms with E-state index in [9.17, 15) is 9.59 Å². The summed E-state index contributed by atoms with van der Waals surface area (Å²) >= 11 is 0. The summed E-state index contributed by atoms with van der Waals surface area (Å²) in [5.41, 5.74) is 6.04. The summed E-state index contributed by atoms with van der Waals surface area (Å²) in [4.78, 5) is 27.5. The van der Waals surface area contributed by atoms with Gasteiger partial charge < -0.3 is 10.2 Å². The van der Waals surface area contributed by atoms with E-state index in [4.69, 9.17) is 0 Å². The van der Waals surface area contributed by atoms with Gasteiger partial charge in [-0.25, -0.2) is 0 Å². The molecule has 158 valence electrons. The molecular formula is C27H28N2O2. The number of amides is 2. The van der Waals surface area contributed by atoms with Crippen molar-refractivity contribution in [3.05, 3.63) is 89.5 Å². The first kappa shape index (κ1) is 20.9. The van der Waals surface area contributed by atoms with Crippen LogP contribution < -0.4 is 5.32 Å². The molecule has 0 spiro atoms. The monoisotopic (exact) mass is 412 g/mol. The van der Waals surface area contributed by atoms with E-state index in [-0.39, 0.29) is 17.7 Å². The zero-order valence-electron chi connectivity index (χ0n) is 18.1. The van der Waals surface area contributed by atoms with Crippen LogP contribution in [0.2, 0.25) is 0 Å². The summed E-state index contributed by atoms with van der Waals surface area (Å²) in [6.45, 7) is 5.25. The average Bonchev–Trinajstić information content (AvgIpc) is 2.81. The van der Waals surface area contributed by atoms with Gasteiger partial charge in [-0.05, 0) is 61.6 Å². The van der Waals surface area contributed by atoms with Crippen molar-refractivity contribution in [2.24, 2.45) is 5.92 Å². The number of piperidine rings is 1. The Hall–Kier alpha value is -3.40. The van der Waals surface area contributed by atoms with Crippen molar-refractivity contribution < 1.29 is 9.59 Å². The Morgan fingerprint density at radius 2 is 1.48 bits per heavy atom. The lowest BCUT2D eigenvalue weighted by molar-refractivity contribution is -0.121. The van der Waals surface area contributed by atoms with Gasteiger partial charge in [0.1, 0.15) is 0 Å². The van der Waals surface area contributed by atoms with Gasteiger partial charge in [0.15, 0.2) is 0 Å². The fraction of sp³-hybridized carbons (Fsp3) is 0.259. The largest absolute Gasteiger partial charge is 0.339 e. The van der Waals surface area contributed by atoms with Crippen LogP contribution in [0.15, 0.2) is 72.8 Å². The number of hydrogen-bond acceptors (Lipinski definition) is 2. The van der Waals surface area contributed by atoms with Crippen LogP contribution in [0.4, 0.5) is 5.69 Å². The molecule has 4 rings (SSSR count). The number of nitrogens with one attached hydrogen (secondary N) is 1. The van der Waals surface area contributed by atoms with Gasteiger partial charge in [-0.3, -0.25) is 9.59 Å². The standard InChI is InChI=1S/C27H28N2O2/c1-19-8-13-25(20(2)18-19)28-26(30)23-14-16-29(17-15-23)27(31)24-11-9-22(10-12-24)21-6-4-3-5-7-21/h3-13,18,23H,14-17H2,1-2H3,(H,28,30). The third-order valence-electron chi connectivity index (χ3n) is 6.03. The fourth-order valence-corrected chi connectivity index (χ4v) is 4.15. The van der Waals surface area contributed by atoms with Gasteiger partial charge in [0, 0.05) is 30.3 Å². The average molecular weight is 413 g/mol. The zero-order chi connectivity index (χ0) is 21.8. The second-order valence-electron chi connectivity index (χ2n) is 8.32. The molecule has 0 aliphatic carbocycles. The predicted molar refractivity (Wildman–Crippen MR) is 125 cm³/mol. The minimum absolute atomic E-state index is 0.0350. The van der Waals surface area contributed by atoms with E-state index in [1.165, 1.54) is 5.56 Å². The smallest absolute Gasteiger partial charge is 0.253 e. The maximum absolute atomic E-state index is 12.9. The quantitative estimate of drug-likeness (QED) is 0.618. The molecule has 0 bridgehead atoms.